The number of benzene rings is 1. The van der Waals surface area contributed by atoms with Crippen molar-refractivity contribution in [3.8, 4) is 0 Å². The molecule has 0 amide bonds. The van der Waals surface area contributed by atoms with Gasteiger partial charge in [0.05, 0.1) is 4.88 Å². The number of carbonyl (C=O) groups is 1. The van der Waals surface area contributed by atoms with Gasteiger partial charge in [-0.05, 0) is 36.8 Å². The van der Waals surface area contributed by atoms with Gasteiger partial charge in [-0.3, -0.25) is 0 Å². The van der Waals surface area contributed by atoms with Crippen LogP contribution in [0.1, 0.15) is 15.3 Å². The SMILES string of the molecule is Cc1ccc(C2=N/C(=C\C(Cl)=C\c3ccccc3)C(=O)O2)s1. The number of hydrogen-bond acceptors (Lipinski definition) is 4. The highest BCUT2D eigenvalue weighted by Crippen LogP contribution is 2.24. The highest BCUT2D eigenvalue weighted by molar-refractivity contribution is 7.14. The summed E-state index contributed by atoms with van der Waals surface area (Å²) >= 11 is 7.70. The van der Waals surface area contributed by atoms with Crippen LogP contribution < -0.4 is 0 Å². The molecule has 2 heterocycles. The second kappa shape index (κ2) is 6.30. The first-order valence-corrected chi connectivity index (χ1v) is 7.83. The van der Waals surface area contributed by atoms with Crippen molar-refractivity contribution in [2.45, 2.75) is 6.92 Å². The lowest BCUT2D eigenvalue weighted by Gasteiger charge is -1.94. The number of cyclic esters (lactones) is 1. The molecule has 0 saturated carbocycles. The third-order valence-electron chi connectivity index (χ3n) is 2.95. The molecule has 0 radical (unpaired) electrons. The molecular formula is C17H12ClNO2S. The number of hydrogen-bond donors (Lipinski definition) is 0. The average molecular weight is 330 g/mol. The Balaban J connectivity index is 1.86. The van der Waals surface area contributed by atoms with Gasteiger partial charge in [0.2, 0.25) is 5.90 Å². The zero-order chi connectivity index (χ0) is 15.5. The summed E-state index contributed by atoms with van der Waals surface area (Å²) in [6.45, 7) is 1.99. The summed E-state index contributed by atoms with van der Waals surface area (Å²) in [5.41, 5.74) is 1.16. The van der Waals surface area contributed by atoms with Gasteiger partial charge in [0.1, 0.15) is 0 Å². The minimum absolute atomic E-state index is 0.207. The van der Waals surface area contributed by atoms with Crippen molar-refractivity contribution in [3.63, 3.8) is 0 Å². The molecule has 1 aromatic heterocycles. The van der Waals surface area contributed by atoms with Gasteiger partial charge in [-0.15, -0.1) is 11.3 Å². The Morgan fingerprint density at radius 2 is 2.00 bits per heavy atom. The molecule has 0 aliphatic carbocycles. The van der Waals surface area contributed by atoms with E-state index in [1.54, 1.807) is 6.08 Å². The minimum Gasteiger partial charge on any atom is -0.401 e. The number of carbonyl (C=O) groups excluding carboxylic acids is 1. The van der Waals surface area contributed by atoms with Crippen molar-refractivity contribution < 1.29 is 9.53 Å². The van der Waals surface area contributed by atoms with Gasteiger partial charge in [0.25, 0.3) is 0 Å². The van der Waals surface area contributed by atoms with Gasteiger partial charge < -0.3 is 4.74 Å². The van der Waals surface area contributed by atoms with Crippen LogP contribution in [0.15, 0.2) is 64.3 Å². The zero-order valence-corrected chi connectivity index (χ0v) is 13.3. The third kappa shape index (κ3) is 3.35. The highest BCUT2D eigenvalue weighted by atomic mass is 35.5. The van der Waals surface area contributed by atoms with Gasteiger partial charge in [0.15, 0.2) is 5.70 Å². The lowest BCUT2D eigenvalue weighted by molar-refractivity contribution is -0.130. The van der Waals surface area contributed by atoms with E-state index in [0.29, 0.717) is 10.9 Å². The summed E-state index contributed by atoms with van der Waals surface area (Å²) in [6, 6.07) is 13.5. The van der Waals surface area contributed by atoms with E-state index in [0.717, 1.165) is 15.3 Å². The van der Waals surface area contributed by atoms with Gasteiger partial charge >= 0.3 is 5.97 Å². The number of ether oxygens (including phenoxy) is 1. The Bertz CT molecular complexity index is 803. The standard InChI is InChI=1S/C17H12ClNO2S/c1-11-7-8-15(22-11)16-19-14(17(20)21-16)10-13(18)9-12-5-3-2-4-6-12/h2-10H,1H3/b13-9-,14-10-. The molecule has 1 aliphatic heterocycles. The Kier molecular flexibility index (Phi) is 4.22. The normalized spacial score (nSPS) is 16.8. The van der Waals surface area contributed by atoms with E-state index in [1.807, 2.05) is 49.4 Å². The molecule has 0 N–H and O–H groups in total. The summed E-state index contributed by atoms with van der Waals surface area (Å²) in [4.78, 5) is 18.1. The molecule has 3 rings (SSSR count). The first-order chi connectivity index (χ1) is 10.6. The molecule has 0 bridgehead atoms. The summed E-state index contributed by atoms with van der Waals surface area (Å²) in [7, 11) is 0. The van der Waals surface area contributed by atoms with E-state index in [9.17, 15) is 4.79 Å². The van der Waals surface area contributed by atoms with E-state index in [2.05, 4.69) is 4.99 Å². The molecule has 5 heteroatoms. The van der Waals surface area contributed by atoms with Crippen LogP contribution in [0.5, 0.6) is 0 Å². The molecule has 3 nitrogen and oxygen atoms in total. The zero-order valence-electron chi connectivity index (χ0n) is 11.7. The molecule has 110 valence electrons. The molecule has 0 unspecified atom stereocenters. The van der Waals surface area contributed by atoms with Crippen molar-refractivity contribution >= 4 is 40.9 Å². The maximum absolute atomic E-state index is 11.9. The molecule has 1 aromatic carbocycles. The number of thiophene rings is 1. The maximum atomic E-state index is 11.9. The molecule has 0 spiro atoms. The number of nitrogens with zero attached hydrogens (tertiary/aromatic N) is 1. The number of rotatable bonds is 3. The van der Waals surface area contributed by atoms with Crippen LogP contribution in [0.2, 0.25) is 0 Å². The van der Waals surface area contributed by atoms with Crippen molar-refractivity contribution in [1.82, 2.24) is 0 Å². The van der Waals surface area contributed by atoms with Crippen LogP contribution >= 0.6 is 22.9 Å². The molecule has 0 fully saturated rings. The van der Waals surface area contributed by atoms with Gasteiger partial charge in [-0.2, -0.15) is 0 Å². The van der Waals surface area contributed by atoms with Crippen LogP contribution in [0.25, 0.3) is 6.08 Å². The van der Waals surface area contributed by atoms with Crippen molar-refractivity contribution in [2.24, 2.45) is 4.99 Å². The molecule has 0 saturated heterocycles. The second-order valence-electron chi connectivity index (χ2n) is 4.69. The summed E-state index contributed by atoms with van der Waals surface area (Å²) in [5.74, 6) is -0.154. The van der Waals surface area contributed by atoms with Crippen molar-refractivity contribution in [1.29, 1.82) is 0 Å². The molecule has 0 atom stereocenters. The van der Waals surface area contributed by atoms with Gasteiger partial charge in [-0.25, -0.2) is 9.79 Å². The Morgan fingerprint density at radius 3 is 2.68 bits per heavy atom. The fourth-order valence-electron chi connectivity index (χ4n) is 1.94. The van der Waals surface area contributed by atoms with Crippen LogP contribution in [0, 0.1) is 6.92 Å². The maximum Gasteiger partial charge on any atom is 0.363 e. The summed E-state index contributed by atoms with van der Waals surface area (Å²) in [5, 5.41) is 0.422. The van der Waals surface area contributed by atoms with Crippen LogP contribution in [0.3, 0.4) is 0 Å². The first-order valence-electron chi connectivity index (χ1n) is 6.63. The predicted octanol–water partition coefficient (Wildman–Crippen LogP) is 4.52. The van der Waals surface area contributed by atoms with Crippen molar-refractivity contribution in [2.75, 3.05) is 0 Å². The second-order valence-corrected chi connectivity index (χ2v) is 6.41. The fourth-order valence-corrected chi connectivity index (χ4v) is 2.97. The van der Waals surface area contributed by atoms with Crippen LogP contribution in [-0.4, -0.2) is 11.9 Å². The molecule has 22 heavy (non-hydrogen) atoms. The Labute approximate surface area is 137 Å². The highest BCUT2D eigenvalue weighted by Gasteiger charge is 2.25. The van der Waals surface area contributed by atoms with E-state index < -0.39 is 5.97 Å². The van der Waals surface area contributed by atoms with Crippen LogP contribution in [0.4, 0.5) is 0 Å². The van der Waals surface area contributed by atoms with E-state index in [1.165, 1.54) is 17.4 Å². The number of allylic oxidation sites excluding steroid dienone is 2. The van der Waals surface area contributed by atoms with Gasteiger partial charge in [0, 0.05) is 9.91 Å². The van der Waals surface area contributed by atoms with E-state index in [4.69, 9.17) is 16.3 Å². The van der Waals surface area contributed by atoms with Crippen LogP contribution in [-0.2, 0) is 9.53 Å². The molecular weight excluding hydrogens is 318 g/mol. The van der Waals surface area contributed by atoms with Crippen molar-refractivity contribution in [3.05, 3.63) is 74.6 Å². The fraction of sp³-hybridized carbons (Fsp3) is 0.0588. The smallest absolute Gasteiger partial charge is 0.363 e. The topological polar surface area (TPSA) is 38.7 Å². The lowest BCUT2D eigenvalue weighted by atomic mass is 10.2. The summed E-state index contributed by atoms with van der Waals surface area (Å²) < 4.78 is 5.19. The Morgan fingerprint density at radius 1 is 1.23 bits per heavy atom. The number of esters is 1. The largest absolute Gasteiger partial charge is 0.401 e. The summed E-state index contributed by atoms with van der Waals surface area (Å²) in [6.07, 6.45) is 3.29. The molecule has 1 aliphatic rings. The minimum atomic E-state index is -0.485. The number of aliphatic imine (C=N–C) groups is 1. The quantitative estimate of drug-likeness (QED) is 0.613. The van der Waals surface area contributed by atoms with Gasteiger partial charge in [-0.1, -0.05) is 41.9 Å². The number of halogens is 1. The van der Waals surface area contributed by atoms with E-state index >= 15 is 0 Å². The average Bonchev–Trinajstić information content (AvgIpc) is 3.07. The predicted molar refractivity (Wildman–Crippen MR) is 90.0 cm³/mol. The Hall–Kier alpha value is -2.17. The third-order valence-corrected chi connectivity index (χ3v) is 4.16. The van der Waals surface area contributed by atoms with E-state index in [-0.39, 0.29) is 5.70 Å². The molecule has 2 aromatic rings. The monoisotopic (exact) mass is 329 g/mol. The first kappa shape index (κ1) is 14.8. The number of aryl methyl sites for hydroxylation is 1. The lowest BCUT2D eigenvalue weighted by Crippen LogP contribution is -2.03.